The van der Waals surface area contributed by atoms with Gasteiger partial charge in [-0.15, -0.1) is 0 Å². The lowest BCUT2D eigenvalue weighted by atomic mass is 10.1. The molecule has 1 N–H and O–H groups in total. The summed E-state index contributed by atoms with van der Waals surface area (Å²) in [5.74, 6) is -0.705. The Morgan fingerprint density at radius 1 is 1.60 bits per heavy atom. The molecule has 0 saturated carbocycles. The molecule has 1 aromatic heterocycles. The second-order valence-electron chi connectivity index (χ2n) is 3.01. The molecule has 0 aliphatic rings. The van der Waals surface area contributed by atoms with Crippen LogP contribution in [0.4, 0.5) is 0 Å². The molecule has 0 aliphatic heterocycles. The maximum atomic E-state index is 11.2. The molecule has 15 heavy (non-hydrogen) atoms. The largest absolute Gasteiger partial charge is 0.467 e. The molecule has 0 radical (unpaired) electrons. The van der Waals surface area contributed by atoms with Crippen LogP contribution in [0, 0.1) is 0 Å². The average molecular weight is 207 g/mol. The van der Waals surface area contributed by atoms with Crippen LogP contribution in [0.1, 0.15) is 11.7 Å². The van der Waals surface area contributed by atoms with Crippen molar-refractivity contribution in [2.24, 2.45) is 0 Å². The molecule has 0 spiro atoms. The highest BCUT2D eigenvalue weighted by Crippen LogP contribution is 2.24. The van der Waals surface area contributed by atoms with Crippen molar-refractivity contribution in [1.82, 2.24) is 5.16 Å². The molecule has 1 aromatic carbocycles. The SMILES string of the molecule is COC(=O)C(O)c1cccc2oncc12. The van der Waals surface area contributed by atoms with Gasteiger partial charge in [0.1, 0.15) is 0 Å². The maximum absolute atomic E-state index is 11.2. The van der Waals surface area contributed by atoms with Crippen LogP contribution in [0.2, 0.25) is 0 Å². The van der Waals surface area contributed by atoms with Crippen molar-refractivity contribution in [3.63, 3.8) is 0 Å². The van der Waals surface area contributed by atoms with E-state index in [1.54, 1.807) is 18.2 Å². The van der Waals surface area contributed by atoms with Crippen LogP contribution in [0.15, 0.2) is 28.9 Å². The molecule has 5 nitrogen and oxygen atoms in total. The van der Waals surface area contributed by atoms with Gasteiger partial charge < -0.3 is 14.4 Å². The molecule has 78 valence electrons. The molecular formula is C10H9NO4. The van der Waals surface area contributed by atoms with E-state index in [4.69, 9.17) is 4.52 Å². The van der Waals surface area contributed by atoms with E-state index in [1.165, 1.54) is 13.3 Å². The van der Waals surface area contributed by atoms with Crippen LogP contribution in [0.5, 0.6) is 0 Å². The van der Waals surface area contributed by atoms with E-state index in [1.807, 2.05) is 0 Å². The zero-order chi connectivity index (χ0) is 10.8. The van der Waals surface area contributed by atoms with E-state index in [2.05, 4.69) is 9.89 Å². The number of rotatable bonds is 2. The molecule has 1 atom stereocenters. The Morgan fingerprint density at radius 3 is 3.13 bits per heavy atom. The van der Waals surface area contributed by atoms with Crippen LogP contribution in [0.25, 0.3) is 11.0 Å². The predicted molar refractivity (Wildman–Crippen MR) is 51.0 cm³/mol. The number of nitrogens with zero attached hydrogens (tertiary/aromatic N) is 1. The average Bonchev–Trinajstić information content (AvgIpc) is 2.74. The van der Waals surface area contributed by atoms with Gasteiger partial charge in [0.25, 0.3) is 0 Å². The van der Waals surface area contributed by atoms with Gasteiger partial charge in [-0.1, -0.05) is 17.3 Å². The molecule has 5 heteroatoms. The van der Waals surface area contributed by atoms with E-state index in [-0.39, 0.29) is 0 Å². The van der Waals surface area contributed by atoms with E-state index in [0.29, 0.717) is 16.5 Å². The topological polar surface area (TPSA) is 72.6 Å². The lowest BCUT2D eigenvalue weighted by Crippen LogP contribution is -2.13. The standard InChI is InChI=1S/C10H9NO4/c1-14-10(13)9(12)6-3-2-4-8-7(6)5-11-15-8/h2-5,9,12H,1H3. The van der Waals surface area contributed by atoms with Crippen molar-refractivity contribution >= 4 is 16.9 Å². The lowest BCUT2D eigenvalue weighted by Gasteiger charge is -2.08. The summed E-state index contributed by atoms with van der Waals surface area (Å²) in [4.78, 5) is 11.2. The van der Waals surface area contributed by atoms with Crippen LogP contribution >= 0.6 is 0 Å². The lowest BCUT2D eigenvalue weighted by molar-refractivity contribution is -0.150. The molecule has 2 rings (SSSR count). The first-order valence-electron chi connectivity index (χ1n) is 4.33. The normalized spacial score (nSPS) is 12.7. The Bertz CT molecular complexity index is 491. The summed E-state index contributed by atoms with van der Waals surface area (Å²) in [5.41, 5.74) is 0.955. The number of hydrogen-bond acceptors (Lipinski definition) is 5. The van der Waals surface area contributed by atoms with Gasteiger partial charge in [-0.05, 0) is 6.07 Å². The quantitative estimate of drug-likeness (QED) is 0.744. The van der Waals surface area contributed by atoms with E-state index < -0.39 is 12.1 Å². The van der Waals surface area contributed by atoms with Crippen molar-refractivity contribution in [2.45, 2.75) is 6.10 Å². The van der Waals surface area contributed by atoms with Gasteiger partial charge in [-0.2, -0.15) is 0 Å². The monoisotopic (exact) mass is 207 g/mol. The van der Waals surface area contributed by atoms with E-state index in [9.17, 15) is 9.90 Å². The third kappa shape index (κ3) is 1.57. The third-order valence-corrected chi connectivity index (χ3v) is 2.15. The molecule has 0 fully saturated rings. The fourth-order valence-electron chi connectivity index (χ4n) is 1.39. The number of benzene rings is 1. The number of hydrogen-bond donors (Lipinski definition) is 1. The molecule has 0 bridgehead atoms. The Hall–Kier alpha value is -1.88. The van der Waals surface area contributed by atoms with Gasteiger partial charge >= 0.3 is 5.97 Å². The van der Waals surface area contributed by atoms with Gasteiger partial charge in [0.15, 0.2) is 11.7 Å². The highest BCUT2D eigenvalue weighted by molar-refractivity contribution is 5.86. The first-order chi connectivity index (χ1) is 7.24. The van der Waals surface area contributed by atoms with E-state index >= 15 is 0 Å². The number of carbonyl (C=O) groups is 1. The maximum Gasteiger partial charge on any atom is 0.339 e. The zero-order valence-electron chi connectivity index (χ0n) is 8.01. The Balaban J connectivity index is 2.51. The second kappa shape index (κ2) is 3.70. The summed E-state index contributed by atoms with van der Waals surface area (Å²) >= 11 is 0. The van der Waals surface area contributed by atoms with Crippen LogP contribution in [-0.2, 0) is 9.53 Å². The van der Waals surface area contributed by atoms with Gasteiger partial charge in [0.05, 0.1) is 13.3 Å². The van der Waals surface area contributed by atoms with Crippen LogP contribution < -0.4 is 0 Å². The molecule has 1 unspecified atom stereocenters. The number of carbonyl (C=O) groups excluding carboxylic acids is 1. The van der Waals surface area contributed by atoms with Crippen molar-refractivity contribution in [2.75, 3.05) is 7.11 Å². The summed E-state index contributed by atoms with van der Waals surface area (Å²) in [6.07, 6.45) is 0.148. The molecule has 2 aromatic rings. The number of aromatic nitrogens is 1. The highest BCUT2D eigenvalue weighted by atomic mass is 16.5. The number of methoxy groups -OCH3 is 1. The summed E-state index contributed by atoms with van der Waals surface area (Å²) in [5, 5.41) is 13.9. The minimum absolute atomic E-state index is 0.431. The predicted octanol–water partition coefficient (Wildman–Crippen LogP) is 1.03. The van der Waals surface area contributed by atoms with Gasteiger partial charge in [0.2, 0.25) is 0 Å². The minimum atomic E-state index is -1.31. The number of fused-ring (bicyclic) bond motifs is 1. The Kier molecular flexibility index (Phi) is 2.39. The third-order valence-electron chi connectivity index (χ3n) is 2.15. The van der Waals surface area contributed by atoms with Crippen molar-refractivity contribution in [3.8, 4) is 0 Å². The summed E-state index contributed by atoms with van der Waals surface area (Å²) in [6.45, 7) is 0. The van der Waals surface area contributed by atoms with Gasteiger partial charge in [0, 0.05) is 10.9 Å². The zero-order valence-corrected chi connectivity index (χ0v) is 8.01. The summed E-state index contributed by atoms with van der Waals surface area (Å²) < 4.78 is 9.36. The second-order valence-corrected chi connectivity index (χ2v) is 3.01. The van der Waals surface area contributed by atoms with Crippen molar-refractivity contribution < 1.29 is 19.2 Å². The smallest absolute Gasteiger partial charge is 0.339 e. The fraction of sp³-hybridized carbons (Fsp3) is 0.200. The van der Waals surface area contributed by atoms with Crippen molar-refractivity contribution in [3.05, 3.63) is 30.0 Å². The molecular weight excluding hydrogens is 198 g/mol. The van der Waals surface area contributed by atoms with Crippen molar-refractivity contribution in [1.29, 1.82) is 0 Å². The van der Waals surface area contributed by atoms with Gasteiger partial charge in [-0.25, -0.2) is 4.79 Å². The molecule has 0 saturated heterocycles. The number of aliphatic hydroxyl groups excluding tert-OH is 1. The fourth-order valence-corrected chi connectivity index (χ4v) is 1.39. The number of ether oxygens (including phenoxy) is 1. The minimum Gasteiger partial charge on any atom is -0.467 e. The first-order valence-corrected chi connectivity index (χ1v) is 4.33. The summed E-state index contributed by atoms with van der Waals surface area (Å²) in [6, 6.07) is 5.01. The number of esters is 1. The highest BCUT2D eigenvalue weighted by Gasteiger charge is 2.20. The Labute approximate surface area is 85.2 Å². The number of aliphatic hydroxyl groups is 1. The molecule has 0 amide bonds. The first kappa shape index (κ1) is 9.67. The van der Waals surface area contributed by atoms with Crippen LogP contribution in [-0.4, -0.2) is 23.3 Å². The van der Waals surface area contributed by atoms with Crippen LogP contribution in [0.3, 0.4) is 0 Å². The summed E-state index contributed by atoms with van der Waals surface area (Å²) in [7, 11) is 1.22. The van der Waals surface area contributed by atoms with Gasteiger partial charge in [-0.3, -0.25) is 0 Å². The Morgan fingerprint density at radius 2 is 2.40 bits per heavy atom. The molecule has 1 heterocycles. The molecule has 0 aliphatic carbocycles. The van der Waals surface area contributed by atoms with E-state index in [0.717, 1.165) is 0 Å².